The Hall–Kier alpha value is -1.09. The number of carbonyl (C=O) groups excluding carboxylic acids is 2. The molecule has 0 bridgehead atoms. The van der Waals surface area contributed by atoms with E-state index < -0.39 is 24.0 Å². The van der Waals surface area contributed by atoms with E-state index in [2.05, 4.69) is 26.8 Å². The molecule has 0 saturated heterocycles. The molecule has 0 aromatic heterocycles. The molecule has 0 spiro atoms. The number of aliphatic hydroxyl groups excluding tert-OH is 1. The Morgan fingerprint density at radius 3 is 2.55 bits per heavy atom. The van der Waals surface area contributed by atoms with E-state index in [1.165, 1.54) is 0 Å². The summed E-state index contributed by atoms with van der Waals surface area (Å²) in [6.45, 7) is 2.02. The molecule has 1 aromatic carbocycles. The van der Waals surface area contributed by atoms with E-state index in [0.29, 0.717) is 12.0 Å². The van der Waals surface area contributed by atoms with Crippen LogP contribution in [0.5, 0.6) is 0 Å². The average molecular weight is 390 g/mol. The molecule has 0 radical (unpaired) electrons. The first-order valence-electron chi connectivity index (χ1n) is 6.82. The summed E-state index contributed by atoms with van der Waals surface area (Å²) in [5, 5.41) is 9.80. The highest BCUT2D eigenvalue weighted by Gasteiger charge is 2.23. The van der Waals surface area contributed by atoms with E-state index in [1.54, 1.807) is 36.0 Å². The van der Waals surface area contributed by atoms with Crippen LogP contribution >= 0.6 is 27.7 Å². The highest BCUT2D eigenvalue weighted by Crippen LogP contribution is 2.10. The van der Waals surface area contributed by atoms with Crippen molar-refractivity contribution in [2.24, 2.45) is 5.73 Å². The topological polar surface area (TPSA) is 104 Å². The van der Waals surface area contributed by atoms with Gasteiger partial charge in [0.2, 0.25) is 0 Å². The summed E-state index contributed by atoms with van der Waals surface area (Å²) in [5.74, 6) is 0.536. The Kier molecular flexibility index (Phi) is 8.47. The minimum absolute atomic E-state index is 0.390. The first-order chi connectivity index (χ1) is 10.5. The average Bonchev–Trinajstić information content (AvgIpc) is 2.52. The van der Waals surface area contributed by atoms with Gasteiger partial charge in [-0.05, 0) is 42.2 Å². The molecule has 122 valence electrons. The number of rotatable bonds is 7. The maximum atomic E-state index is 11.8. The number of amides is 2. The summed E-state index contributed by atoms with van der Waals surface area (Å²) < 4.78 is 0.847. The number of thioether (sulfide) groups is 1. The molecule has 0 heterocycles. The maximum absolute atomic E-state index is 11.8. The van der Waals surface area contributed by atoms with Gasteiger partial charge in [-0.3, -0.25) is 20.4 Å². The molecular weight excluding hydrogens is 370 g/mol. The van der Waals surface area contributed by atoms with Crippen LogP contribution in [0, 0.1) is 0 Å². The monoisotopic (exact) mass is 389 g/mol. The molecule has 5 N–H and O–H groups in total. The quantitative estimate of drug-likeness (QED) is 0.412. The number of nitrogens with two attached hydrogens (primary N) is 1. The Labute approximate surface area is 142 Å². The predicted octanol–water partition coefficient (Wildman–Crippen LogP) is 1.04. The van der Waals surface area contributed by atoms with E-state index in [-0.39, 0.29) is 0 Å². The van der Waals surface area contributed by atoms with Gasteiger partial charge in [0.1, 0.15) is 6.10 Å². The lowest BCUT2D eigenvalue weighted by Crippen LogP contribution is -2.52. The maximum Gasteiger partial charge on any atom is 0.269 e. The first kappa shape index (κ1) is 19.0. The number of carbonyl (C=O) groups is 2. The lowest BCUT2D eigenvalue weighted by molar-refractivity contribution is -0.131. The fourth-order valence-electron chi connectivity index (χ4n) is 1.58. The second-order valence-corrected chi connectivity index (χ2v) is 6.85. The Bertz CT molecular complexity index is 499. The number of hydrogen-bond acceptors (Lipinski definition) is 5. The molecule has 0 aliphatic carbocycles. The summed E-state index contributed by atoms with van der Waals surface area (Å²) in [7, 11) is 0. The molecule has 1 rings (SSSR count). The molecule has 2 atom stereocenters. The lowest BCUT2D eigenvalue weighted by atomic mass is 10.1. The molecule has 1 aromatic rings. The minimum Gasteiger partial charge on any atom is -0.382 e. The molecule has 22 heavy (non-hydrogen) atoms. The van der Waals surface area contributed by atoms with Gasteiger partial charge < -0.3 is 10.8 Å². The molecule has 0 saturated carbocycles. The van der Waals surface area contributed by atoms with Crippen molar-refractivity contribution in [1.29, 1.82) is 0 Å². The fourth-order valence-corrected chi connectivity index (χ4v) is 2.57. The molecule has 1 unspecified atom stereocenters. The normalized spacial score (nSPS) is 13.3. The third kappa shape index (κ3) is 6.35. The van der Waals surface area contributed by atoms with Gasteiger partial charge in [0.05, 0.1) is 0 Å². The van der Waals surface area contributed by atoms with Crippen LogP contribution in [0.3, 0.4) is 0 Å². The zero-order chi connectivity index (χ0) is 16.5. The van der Waals surface area contributed by atoms with Crippen LogP contribution in [0.25, 0.3) is 0 Å². The van der Waals surface area contributed by atoms with Crippen molar-refractivity contribution >= 4 is 39.5 Å². The summed E-state index contributed by atoms with van der Waals surface area (Å²) in [4.78, 5) is 23.5. The first-order valence-corrected chi connectivity index (χ1v) is 8.77. The summed E-state index contributed by atoms with van der Waals surface area (Å²) in [6.07, 6.45) is -0.837. The van der Waals surface area contributed by atoms with Crippen molar-refractivity contribution < 1.29 is 14.7 Å². The van der Waals surface area contributed by atoms with Crippen LogP contribution in [0.15, 0.2) is 28.7 Å². The third-order valence-corrected chi connectivity index (χ3v) is 4.34. The largest absolute Gasteiger partial charge is 0.382 e. The van der Waals surface area contributed by atoms with E-state index in [4.69, 9.17) is 5.73 Å². The highest BCUT2D eigenvalue weighted by molar-refractivity contribution is 9.10. The van der Waals surface area contributed by atoms with Crippen molar-refractivity contribution in [2.75, 3.05) is 11.5 Å². The predicted molar refractivity (Wildman–Crippen MR) is 91.3 cm³/mol. The van der Waals surface area contributed by atoms with Gasteiger partial charge in [-0.1, -0.05) is 22.9 Å². The number of hydrogen-bond donors (Lipinski definition) is 4. The van der Waals surface area contributed by atoms with Crippen LogP contribution in [0.1, 0.15) is 23.7 Å². The molecule has 0 fully saturated rings. The van der Waals surface area contributed by atoms with Crippen molar-refractivity contribution in [3.05, 3.63) is 34.3 Å². The summed E-state index contributed by atoms with van der Waals surface area (Å²) in [5.41, 5.74) is 10.6. The van der Waals surface area contributed by atoms with Crippen molar-refractivity contribution in [3.63, 3.8) is 0 Å². The Balaban J connectivity index is 2.41. The molecule has 2 amide bonds. The third-order valence-electron chi connectivity index (χ3n) is 2.88. The molecular formula is C14H20BrN3O3S. The van der Waals surface area contributed by atoms with Crippen LogP contribution in [0.2, 0.25) is 0 Å². The number of aliphatic hydroxyl groups is 1. The minimum atomic E-state index is -1.36. The number of benzene rings is 1. The van der Waals surface area contributed by atoms with Crippen molar-refractivity contribution in [2.45, 2.75) is 25.5 Å². The van der Waals surface area contributed by atoms with Gasteiger partial charge in [-0.15, -0.1) is 0 Å². The van der Waals surface area contributed by atoms with Gasteiger partial charge in [-0.2, -0.15) is 11.8 Å². The van der Waals surface area contributed by atoms with Gasteiger partial charge in [0.25, 0.3) is 11.8 Å². The van der Waals surface area contributed by atoms with Gasteiger partial charge in [0.15, 0.2) is 0 Å². The molecule has 6 nitrogen and oxygen atoms in total. The second-order valence-electron chi connectivity index (χ2n) is 4.54. The number of hydrazine groups is 1. The SMILES string of the molecule is CCSCC[C@@H](N)C(O)C(=O)NNC(=O)c1ccc(Br)cc1. The van der Waals surface area contributed by atoms with Crippen LogP contribution in [0.4, 0.5) is 0 Å². The van der Waals surface area contributed by atoms with Crippen LogP contribution < -0.4 is 16.6 Å². The van der Waals surface area contributed by atoms with Crippen molar-refractivity contribution in [3.8, 4) is 0 Å². The lowest BCUT2D eigenvalue weighted by Gasteiger charge is -2.18. The Morgan fingerprint density at radius 2 is 1.95 bits per heavy atom. The van der Waals surface area contributed by atoms with Crippen LogP contribution in [-0.4, -0.2) is 40.6 Å². The summed E-state index contributed by atoms with van der Waals surface area (Å²) >= 11 is 4.95. The van der Waals surface area contributed by atoms with E-state index in [1.807, 2.05) is 6.92 Å². The summed E-state index contributed by atoms with van der Waals surface area (Å²) in [6, 6.07) is 5.98. The highest BCUT2D eigenvalue weighted by atomic mass is 79.9. The molecule has 0 aliphatic rings. The van der Waals surface area contributed by atoms with E-state index >= 15 is 0 Å². The standard InChI is InChI=1S/C14H20BrN3O3S/c1-2-22-8-7-11(16)12(19)14(21)18-17-13(20)9-3-5-10(15)6-4-9/h3-6,11-12,19H,2,7-8,16H2,1H3,(H,17,20)(H,18,21)/t11-,12?/m1/s1. The fraction of sp³-hybridized carbons (Fsp3) is 0.429. The number of halogens is 1. The molecule has 8 heteroatoms. The Morgan fingerprint density at radius 1 is 1.32 bits per heavy atom. The smallest absolute Gasteiger partial charge is 0.269 e. The van der Waals surface area contributed by atoms with Gasteiger partial charge in [0, 0.05) is 16.1 Å². The number of nitrogens with one attached hydrogen (secondary N) is 2. The molecule has 0 aliphatic heterocycles. The van der Waals surface area contributed by atoms with Crippen LogP contribution in [-0.2, 0) is 4.79 Å². The van der Waals surface area contributed by atoms with Gasteiger partial charge >= 0.3 is 0 Å². The zero-order valence-corrected chi connectivity index (χ0v) is 14.6. The van der Waals surface area contributed by atoms with Crippen molar-refractivity contribution in [1.82, 2.24) is 10.9 Å². The second kappa shape index (κ2) is 9.83. The van der Waals surface area contributed by atoms with Gasteiger partial charge in [-0.25, -0.2) is 0 Å². The zero-order valence-electron chi connectivity index (χ0n) is 12.2. The van der Waals surface area contributed by atoms with E-state index in [9.17, 15) is 14.7 Å². The van der Waals surface area contributed by atoms with E-state index in [0.717, 1.165) is 16.0 Å².